The zero-order valence-electron chi connectivity index (χ0n) is 23.4. The summed E-state index contributed by atoms with van der Waals surface area (Å²) in [5.74, 6) is -0.635. The number of imidazole rings is 2. The van der Waals surface area contributed by atoms with E-state index < -0.39 is 95.3 Å². The molecule has 4 aromatic heterocycles. The van der Waals surface area contributed by atoms with Crippen LogP contribution in [0.25, 0.3) is 22.3 Å². The van der Waals surface area contributed by atoms with E-state index in [2.05, 4.69) is 29.9 Å². The Kier molecular flexibility index (Phi) is 7.78. The van der Waals surface area contributed by atoms with Crippen molar-refractivity contribution in [2.45, 2.75) is 49.2 Å². The van der Waals surface area contributed by atoms with Gasteiger partial charge in [-0.05, 0) is 0 Å². The number of nitrogens with two attached hydrogens (primary N) is 2. The average molecular weight is 708 g/mol. The van der Waals surface area contributed by atoms with Crippen molar-refractivity contribution in [3.05, 3.63) is 33.4 Å². The van der Waals surface area contributed by atoms with Gasteiger partial charge in [-0.15, -0.1) is 0 Å². The molecule has 0 spiro atoms. The van der Waals surface area contributed by atoms with Crippen LogP contribution in [0, 0.1) is 0 Å². The summed E-state index contributed by atoms with van der Waals surface area (Å²) in [7, 11) is -9.99. The number of fused-ring (bicyclic) bond motifs is 4. The molecule has 3 aliphatic rings. The van der Waals surface area contributed by atoms with Crippen LogP contribution in [-0.2, 0) is 36.9 Å². The van der Waals surface area contributed by atoms with Crippen LogP contribution < -0.4 is 22.6 Å². The number of hydrogen-bond donors (Lipinski definition) is 6. The summed E-state index contributed by atoms with van der Waals surface area (Å²) < 4.78 is 91.8. The molecule has 254 valence electrons. The molecule has 0 radical (unpaired) electrons. The fraction of sp³-hybridized carbons (Fsp3) is 0.524. The topological polar surface area (TPSA) is 309 Å². The number of nitrogen functional groups attached to an aromatic ring is 2. The van der Waals surface area contributed by atoms with Gasteiger partial charge in [-0.3, -0.25) is 42.3 Å². The molecule has 0 saturated carbocycles. The zero-order chi connectivity index (χ0) is 33.4. The molecule has 8 N–H and O–H groups in total. The lowest BCUT2D eigenvalue weighted by atomic mass is 10.1. The summed E-state index contributed by atoms with van der Waals surface area (Å²) in [4.78, 5) is 65.6. The molecule has 7 heterocycles. The summed E-state index contributed by atoms with van der Waals surface area (Å²) in [5, 5.41) is 0. The van der Waals surface area contributed by atoms with Crippen molar-refractivity contribution >= 4 is 49.6 Å². The Labute approximate surface area is 258 Å². The Morgan fingerprint density at radius 2 is 1.32 bits per heavy atom. The molecule has 47 heavy (non-hydrogen) atoms. The Hall–Kier alpha value is -3.70. The smallest absolute Gasteiger partial charge is 0.369 e. The van der Waals surface area contributed by atoms with Crippen molar-refractivity contribution in [1.82, 2.24) is 39.0 Å². The standard InChI is InChI=1S/C21H24F2N10O12P2/c22-8-12-6(43-18(8)32-3-26-10-14(32)28-20(24)30-16(10)34)2-42-47(38,39)45-13-7(1-41-46(36,37)5-40-12)44-19(9(13)23)33-4-27-11-15(33)29-21(25)31-17(11)35/h3-4,6-9,12-13,18-19H,1-2,5H2,(H,36,37)(H,38,39)(H3,24,28,30,34)(H3,25,29,31,35)/t6-,7-,8?,9?,12?,13?,18-,19-/m1/s1. The van der Waals surface area contributed by atoms with Gasteiger partial charge in [0, 0.05) is 0 Å². The van der Waals surface area contributed by atoms with Crippen molar-refractivity contribution in [3.63, 3.8) is 0 Å². The lowest BCUT2D eigenvalue weighted by molar-refractivity contribution is -0.0580. The number of rotatable bonds is 2. The minimum absolute atomic E-state index is 0.176. The van der Waals surface area contributed by atoms with Gasteiger partial charge in [0.05, 0.1) is 25.9 Å². The highest BCUT2D eigenvalue weighted by atomic mass is 31.2. The number of halogens is 2. The lowest BCUT2D eigenvalue weighted by Crippen LogP contribution is -2.35. The van der Waals surface area contributed by atoms with Crippen molar-refractivity contribution in [1.29, 1.82) is 0 Å². The maximum Gasteiger partial charge on any atom is 0.472 e. The van der Waals surface area contributed by atoms with E-state index in [4.69, 9.17) is 39.2 Å². The van der Waals surface area contributed by atoms with Gasteiger partial charge in [-0.1, -0.05) is 0 Å². The number of ether oxygens (including phenoxy) is 3. The van der Waals surface area contributed by atoms with E-state index in [0.717, 1.165) is 21.8 Å². The number of anilines is 2. The number of phosphoric ester groups is 1. The van der Waals surface area contributed by atoms with Crippen molar-refractivity contribution in [3.8, 4) is 0 Å². The molecule has 3 fully saturated rings. The normalized spacial score (nSPS) is 36.9. The fourth-order valence-electron chi connectivity index (χ4n) is 5.45. The second kappa shape index (κ2) is 11.5. The largest absolute Gasteiger partial charge is 0.472 e. The van der Waals surface area contributed by atoms with E-state index in [1.54, 1.807) is 0 Å². The Balaban J connectivity index is 1.17. The van der Waals surface area contributed by atoms with Crippen LogP contribution in [0.4, 0.5) is 20.7 Å². The Bertz CT molecular complexity index is 2070. The van der Waals surface area contributed by atoms with Crippen LogP contribution >= 0.6 is 15.4 Å². The number of alkyl halides is 2. The monoisotopic (exact) mass is 708 g/mol. The van der Waals surface area contributed by atoms with Crippen molar-refractivity contribution < 1.29 is 55.5 Å². The molecule has 6 unspecified atom stereocenters. The van der Waals surface area contributed by atoms with Crippen LogP contribution in [0.1, 0.15) is 12.5 Å². The number of hydrogen-bond acceptors (Lipinski definition) is 16. The van der Waals surface area contributed by atoms with Gasteiger partial charge in [0.25, 0.3) is 11.1 Å². The first kappa shape index (κ1) is 31.9. The van der Waals surface area contributed by atoms with Gasteiger partial charge in [-0.2, -0.15) is 9.97 Å². The van der Waals surface area contributed by atoms with Crippen LogP contribution in [0.15, 0.2) is 22.2 Å². The molecule has 26 heteroatoms. The first-order chi connectivity index (χ1) is 22.2. The molecular weight excluding hydrogens is 684 g/mol. The lowest BCUT2D eigenvalue weighted by Gasteiger charge is -2.23. The molecule has 3 saturated heterocycles. The van der Waals surface area contributed by atoms with Crippen molar-refractivity contribution in [2.24, 2.45) is 0 Å². The molecule has 0 aromatic carbocycles. The van der Waals surface area contributed by atoms with Gasteiger partial charge in [0.2, 0.25) is 11.9 Å². The van der Waals surface area contributed by atoms with E-state index in [1.165, 1.54) is 0 Å². The molecule has 0 aliphatic carbocycles. The number of phosphoric acid groups is 1. The second-order valence-corrected chi connectivity index (χ2v) is 13.8. The van der Waals surface area contributed by atoms with E-state index >= 15 is 8.78 Å². The Morgan fingerprint density at radius 1 is 0.830 bits per heavy atom. The zero-order valence-corrected chi connectivity index (χ0v) is 25.1. The van der Waals surface area contributed by atoms with Crippen LogP contribution in [-0.4, -0.2) is 105 Å². The highest BCUT2D eigenvalue weighted by Crippen LogP contribution is 2.52. The molecular formula is C21H24F2N10O12P2. The van der Waals surface area contributed by atoms with E-state index in [0.29, 0.717) is 0 Å². The van der Waals surface area contributed by atoms with Gasteiger partial charge < -0.3 is 40.0 Å². The number of nitrogens with one attached hydrogen (secondary N) is 2. The molecule has 22 nitrogen and oxygen atoms in total. The average Bonchev–Trinajstić information content (AvgIpc) is 3.74. The predicted octanol–water partition coefficient (Wildman–Crippen LogP) is -1.05. The summed E-state index contributed by atoms with van der Waals surface area (Å²) in [6, 6.07) is 0. The van der Waals surface area contributed by atoms with E-state index in [9.17, 15) is 28.5 Å². The third-order valence-electron chi connectivity index (χ3n) is 7.51. The minimum Gasteiger partial charge on any atom is -0.369 e. The summed E-state index contributed by atoms with van der Waals surface area (Å²) >= 11 is 0. The van der Waals surface area contributed by atoms with E-state index in [1.807, 2.05) is 0 Å². The Morgan fingerprint density at radius 3 is 1.87 bits per heavy atom. The maximum absolute atomic E-state index is 16.0. The first-order valence-electron chi connectivity index (χ1n) is 13.5. The molecule has 7 rings (SSSR count). The van der Waals surface area contributed by atoms with Gasteiger partial charge in [0.15, 0.2) is 47.1 Å². The molecule has 0 bridgehead atoms. The van der Waals surface area contributed by atoms with Gasteiger partial charge >= 0.3 is 15.4 Å². The molecule has 0 amide bonds. The van der Waals surface area contributed by atoms with E-state index in [-0.39, 0.29) is 34.2 Å². The number of H-pyrrole nitrogens is 2. The van der Waals surface area contributed by atoms with Crippen LogP contribution in [0.2, 0.25) is 0 Å². The van der Waals surface area contributed by atoms with Crippen LogP contribution in [0.3, 0.4) is 0 Å². The molecule has 4 aromatic rings. The molecule has 10 atom stereocenters. The quantitative estimate of drug-likeness (QED) is 0.135. The number of aromatic nitrogens is 8. The highest BCUT2D eigenvalue weighted by Gasteiger charge is 2.53. The van der Waals surface area contributed by atoms with Gasteiger partial charge in [-0.25, -0.2) is 23.3 Å². The SMILES string of the molecule is Nc1nc2c(ncn2[C@@H]2O[C@@H]3COP(=O)(O)OC4C(F)[C@H](n5cnc6c(=O)[nH]c(N)nc65)O[C@@H]4COP(=O)(O)COC3C2F)c(=O)[nH]1. The van der Waals surface area contributed by atoms with Crippen LogP contribution in [0.5, 0.6) is 0 Å². The second-order valence-electron chi connectivity index (χ2n) is 10.6. The highest BCUT2D eigenvalue weighted by molar-refractivity contribution is 7.52. The predicted molar refractivity (Wildman–Crippen MR) is 149 cm³/mol. The fourth-order valence-corrected chi connectivity index (χ4v) is 7.22. The molecule has 3 aliphatic heterocycles. The summed E-state index contributed by atoms with van der Waals surface area (Å²) in [6.07, 6.45) is -13.7. The summed E-state index contributed by atoms with van der Waals surface area (Å²) in [6.45, 7) is -1.80. The van der Waals surface area contributed by atoms with Gasteiger partial charge in [0.1, 0.15) is 30.8 Å². The number of nitrogens with zero attached hydrogens (tertiary/aromatic N) is 6. The third-order valence-corrected chi connectivity index (χ3v) is 9.52. The third kappa shape index (κ3) is 5.75. The summed E-state index contributed by atoms with van der Waals surface area (Å²) in [5.41, 5.74) is 8.92. The first-order valence-corrected chi connectivity index (χ1v) is 16.7. The number of aromatic amines is 2. The minimum atomic E-state index is -5.23. The maximum atomic E-state index is 16.0. The van der Waals surface area contributed by atoms with Crippen molar-refractivity contribution in [2.75, 3.05) is 31.0 Å².